The third-order valence-electron chi connectivity index (χ3n) is 4.70. The summed E-state index contributed by atoms with van der Waals surface area (Å²) in [4.78, 5) is 15.8. The Bertz CT molecular complexity index is 791. The summed E-state index contributed by atoms with van der Waals surface area (Å²) in [5, 5.41) is 3.94. The van der Waals surface area contributed by atoms with Crippen LogP contribution in [0.3, 0.4) is 0 Å². The van der Waals surface area contributed by atoms with Gasteiger partial charge < -0.3 is 15.0 Å². The molecule has 3 rings (SSSR count). The van der Waals surface area contributed by atoms with Crippen molar-refractivity contribution >= 4 is 40.5 Å². The molecule has 150 valence electrons. The first-order chi connectivity index (χ1) is 13.5. The van der Waals surface area contributed by atoms with Gasteiger partial charge in [0.05, 0.1) is 16.7 Å². The number of nitrogens with one attached hydrogen (secondary N) is 1. The van der Waals surface area contributed by atoms with Gasteiger partial charge in [-0.3, -0.25) is 9.69 Å². The first-order valence-corrected chi connectivity index (χ1v) is 10.2. The van der Waals surface area contributed by atoms with Crippen LogP contribution in [0, 0.1) is 0 Å². The molecule has 1 fully saturated rings. The normalized spacial score (nSPS) is 14.8. The quantitative estimate of drug-likeness (QED) is 0.666. The van der Waals surface area contributed by atoms with Crippen molar-refractivity contribution in [2.75, 3.05) is 49.5 Å². The van der Waals surface area contributed by atoms with Crippen LogP contribution in [0.5, 0.6) is 5.75 Å². The zero-order valence-electron chi connectivity index (χ0n) is 16.0. The molecular weight excluding hydrogens is 397 g/mol. The molecular formula is C21H25Cl2N3O2. The summed E-state index contributed by atoms with van der Waals surface area (Å²) in [5.41, 5.74) is 1.90. The highest BCUT2D eigenvalue weighted by molar-refractivity contribution is 6.42. The van der Waals surface area contributed by atoms with E-state index in [1.165, 1.54) is 6.92 Å². The fraction of sp³-hybridized carbons (Fsp3) is 0.381. The smallest absolute Gasteiger partial charge is 0.221 e. The number of hydrogen-bond donors (Lipinski definition) is 1. The molecule has 1 aliphatic heterocycles. The van der Waals surface area contributed by atoms with Crippen molar-refractivity contribution in [2.24, 2.45) is 0 Å². The number of carbonyl (C=O) groups excluding carboxylic acids is 1. The van der Waals surface area contributed by atoms with E-state index in [4.69, 9.17) is 27.9 Å². The minimum Gasteiger partial charge on any atom is -0.494 e. The summed E-state index contributed by atoms with van der Waals surface area (Å²) < 4.78 is 5.79. The zero-order chi connectivity index (χ0) is 19.9. The number of hydrogen-bond acceptors (Lipinski definition) is 4. The van der Waals surface area contributed by atoms with E-state index in [1.54, 1.807) is 0 Å². The number of amides is 1. The Balaban J connectivity index is 1.35. The molecule has 2 aromatic rings. The Hall–Kier alpha value is -1.95. The average molecular weight is 422 g/mol. The number of anilines is 2. The van der Waals surface area contributed by atoms with Crippen LogP contribution < -0.4 is 15.0 Å². The van der Waals surface area contributed by atoms with Gasteiger partial charge in [-0.1, -0.05) is 23.2 Å². The molecule has 28 heavy (non-hydrogen) atoms. The fourth-order valence-corrected chi connectivity index (χ4v) is 3.52. The Labute approximate surface area is 176 Å². The number of piperazine rings is 1. The highest BCUT2D eigenvalue weighted by Crippen LogP contribution is 2.27. The Morgan fingerprint density at radius 2 is 1.75 bits per heavy atom. The van der Waals surface area contributed by atoms with Crippen molar-refractivity contribution in [3.63, 3.8) is 0 Å². The summed E-state index contributed by atoms with van der Waals surface area (Å²) in [6.07, 6.45) is 0.972. The molecule has 0 atom stereocenters. The highest BCUT2D eigenvalue weighted by atomic mass is 35.5. The lowest BCUT2D eigenvalue weighted by Gasteiger charge is -2.36. The lowest BCUT2D eigenvalue weighted by Crippen LogP contribution is -2.46. The monoisotopic (exact) mass is 421 g/mol. The van der Waals surface area contributed by atoms with E-state index in [9.17, 15) is 4.79 Å². The van der Waals surface area contributed by atoms with Gasteiger partial charge in [0.15, 0.2) is 0 Å². The molecule has 0 spiro atoms. The van der Waals surface area contributed by atoms with E-state index < -0.39 is 0 Å². The number of benzene rings is 2. The molecule has 1 N–H and O–H groups in total. The minimum atomic E-state index is -0.0760. The fourth-order valence-electron chi connectivity index (χ4n) is 3.23. The lowest BCUT2D eigenvalue weighted by molar-refractivity contribution is -0.114. The van der Waals surface area contributed by atoms with E-state index in [0.29, 0.717) is 16.7 Å². The molecule has 0 bridgehead atoms. The van der Waals surface area contributed by atoms with Crippen molar-refractivity contribution in [3.8, 4) is 5.75 Å². The SMILES string of the molecule is CC(=O)Nc1ccc(OCCCN2CCN(c3ccc(Cl)c(Cl)c3)CC2)cc1. The Kier molecular flexibility index (Phi) is 7.43. The number of ether oxygens (including phenoxy) is 1. The van der Waals surface area contributed by atoms with Crippen molar-refractivity contribution in [1.29, 1.82) is 0 Å². The van der Waals surface area contributed by atoms with Crippen molar-refractivity contribution in [1.82, 2.24) is 4.90 Å². The van der Waals surface area contributed by atoms with Gasteiger partial charge >= 0.3 is 0 Å². The van der Waals surface area contributed by atoms with Gasteiger partial charge in [0.1, 0.15) is 5.75 Å². The van der Waals surface area contributed by atoms with Crippen LogP contribution in [0.25, 0.3) is 0 Å². The third kappa shape index (κ3) is 6.03. The van der Waals surface area contributed by atoms with Crippen LogP contribution in [-0.4, -0.2) is 50.1 Å². The minimum absolute atomic E-state index is 0.0760. The van der Waals surface area contributed by atoms with Gasteiger partial charge in [0.25, 0.3) is 0 Å². The molecule has 1 amide bonds. The summed E-state index contributed by atoms with van der Waals surface area (Å²) in [6.45, 7) is 7.17. The van der Waals surface area contributed by atoms with Crippen LogP contribution in [0.15, 0.2) is 42.5 Å². The molecule has 5 nitrogen and oxygen atoms in total. The molecule has 0 radical (unpaired) electrons. The van der Waals surface area contributed by atoms with Gasteiger partial charge in [-0.2, -0.15) is 0 Å². The van der Waals surface area contributed by atoms with E-state index in [-0.39, 0.29) is 5.91 Å². The molecule has 0 saturated carbocycles. The molecule has 2 aromatic carbocycles. The molecule has 7 heteroatoms. The van der Waals surface area contributed by atoms with Crippen molar-refractivity contribution < 1.29 is 9.53 Å². The number of carbonyl (C=O) groups is 1. The second-order valence-electron chi connectivity index (χ2n) is 6.83. The summed E-state index contributed by atoms with van der Waals surface area (Å²) in [5.74, 6) is 0.742. The van der Waals surface area contributed by atoms with Crippen LogP contribution in [0.4, 0.5) is 11.4 Å². The van der Waals surface area contributed by atoms with Crippen LogP contribution in [0.1, 0.15) is 13.3 Å². The molecule has 1 saturated heterocycles. The second-order valence-corrected chi connectivity index (χ2v) is 7.65. The maximum atomic E-state index is 11.0. The lowest BCUT2D eigenvalue weighted by atomic mass is 10.2. The summed E-state index contributed by atoms with van der Waals surface area (Å²) in [7, 11) is 0. The standard InChI is InChI=1S/C21H25Cl2N3O2/c1-16(27)24-17-3-6-19(7-4-17)28-14-2-9-25-10-12-26(13-11-25)18-5-8-20(22)21(23)15-18/h3-8,15H,2,9-14H2,1H3,(H,24,27). The summed E-state index contributed by atoms with van der Waals surface area (Å²) in [6, 6.07) is 13.3. The van der Waals surface area contributed by atoms with Crippen LogP contribution >= 0.6 is 23.2 Å². The van der Waals surface area contributed by atoms with Gasteiger partial charge in [0.2, 0.25) is 5.91 Å². The van der Waals surface area contributed by atoms with Crippen LogP contribution in [0.2, 0.25) is 10.0 Å². The average Bonchev–Trinajstić information content (AvgIpc) is 2.69. The van der Waals surface area contributed by atoms with E-state index >= 15 is 0 Å². The second kappa shape index (κ2) is 10.0. The number of rotatable bonds is 7. The molecule has 1 aliphatic rings. The van der Waals surface area contributed by atoms with Gasteiger partial charge in [-0.25, -0.2) is 0 Å². The largest absolute Gasteiger partial charge is 0.494 e. The van der Waals surface area contributed by atoms with Crippen LogP contribution in [-0.2, 0) is 4.79 Å². The first kappa shape index (κ1) is 20.8. The van der Waals surface area contributed by atoms with Gasteiger partial charge in [-0.15, -0.1) is 0 Å². The zero-order valence-corrected chi connectivity index (χ0v) is 17.5. The molecule has 0 aliphatic carbocycles. The third-order valence-corrected chi connectivity index (χ3v) is 5.44. The maximum absolute atomic E-state index is 11.0. The molecule has 1 heterocycles. The Morgan fingerprint density at radius 1 is 1.04 bits per heavy atom. The first-order valence-electron chi connectivity index (χ1n) is 9.44. The van der Waals surface area contributed by atoms with Crippen molar-refractivity contribution in [2.45, 2.75) is 13.3 Å². The predicted molar refractivity (Wildman–Crippen MR) is 116 cm³/mol. The van der Waals surface area contributed by atoms with Gasteiger partial charge in [0, 0.05) is 51.0 Å². The van der Waals surface area contributed by atoms with E-state index in [2.05, 4.69) is 15.1 Å². The summed E-state index contributed by atoms with van der Waals surface area (Å²) >= 11 is 12.1. The van der Waals surface area contributed by atoms with E-state index in [0.717, 1.165) is 56.3 Å². The maximum Gasteiger partial charge on any atom is 0.221 e. The predicted octanol–water partition coefficient (Wildman–Crippen LogP) is 4.54. The topological polar surface area (TPSA) is 44.8 Å². The van der Waals surface area contributed by atoms with E-state index in [1.807, 2.05) is 42.5 Å². The highest BCUT2D eigenvalue weighted by Gasteiger charge is 2.17. The Morgan fingerprint density at radius 3 is 2.39 bits per heavy atom. The van der Waals surface area contributed by atoms with Gasteiger partial charge in [-0.05, 0) is 48.9 Å². The molecule has 0 aromatic heterocycles. The number of nitrogens with zero attached hydrogens (tertiary/aromatic N) is 2. The number of halogens is 2. The van der Waals surface area contributed by atoms with Crippen molar-refractivity contribution in [3.05, 3.63) is 52.5 Å². The molecule has 0 unspecified atom stereocenters.